The van der Waals surface area contributed by atoms with Crippen molar-refractivity contribution in [3.8, 4) is 11.3 Å². The van der Waals surface area contributed by atoms with Gasteiger partial charge >= 0.3 is 12.3 Å². The third kappa shape index (κ3) is 2.98. The van der Waals surface area contributed by atoms with E-state index in [9.17, 15) is 18.0 Å². The summed E-state index contributed by atoms with van der Waals surface area (Å²) < 4.78 is 40.7. The predicted octanol–water partition coefficient (Wildman–Crippen LogP) is 3.64. The number of halogens is 4. The van der Waals surface area contributed by atoms with Crippen molar-refractivity contribution in [2.75, 3.05) is 0 Å². The van der Waals surface area contributed by atoms with Crippen molar-refractivity contribution in [1.82, 2.24) is 15.4 Å². The lowest BCUT2D eigenvalue weighted by molar-refractivity contribution is -0.303. The second-order valence-electron chi connectivity index (χ2n) is 4.68. The molecule has 1 aliphatic carbocycles. The van der Waals surface area contributed by atoms with Crippen LogP contribution in [0.15, 0.2) is 36.1 Å². The highest BCUT2D eigenvalue weighted by atomic mass is 35.5. The fourth-order valence-electron chi connectivity index (χ4n) is 2.13. The monoisotopic (exact) mass is 357 g/mol. The van der Waals surface area contributed by atoms with Gasteiger partial charge in [0.15, 0.2) is 5.69 Å². The maximum atomic E-state index is 12.3. The average Bonchev–Trinajstić information content (AvgIpc) is 2.94. The van der Waals surface area contributed by atoms with Crippen LogP contribution in [-0.2, 0) is 4.74 Å². The minimum absolute atomic E-state index is 0.0702. The van der Waals surface area contributed by atoms with Crippen molar-refractivity contribution in [2.24, 2.45) is 0 Å². The molecule has 0 unspecified atom stereocenters. The molecule has 1 aromatic heterocycles. The van der Waals surface area contributed by atoms with E-state index in [0.29, 0.717) is 11.1 Å². The number of nitrogens with zero attached hydrogens (tertiary/aromatic N) is 2. The fourth-order valence-corrected chi connectivity index (χ4v) is 2.42. The van der Waals surface area contributed by atoms with E-state index in [1.54, 1.807) is 0 Å². The standard InChI is InChI=1S/C14H7ClF3N3O3/c15-9-5-6(11-12(13(22)23)20-21-19-11)1-2-7(9)8-3-4-10(8)24-14(16,17)18/h1-5H,(H,22,23)(H,19,20,21). The second kappa shape index (κ2) is 5.68. The predicted molar refractivity (Wildman–Crippen MR) is 77.0 cm³/mol. The summed E-state index contributed by atoms with van der Waals surface area (Å²) in [5.74, 6) is -1.62. The molecule has 1 heterocycles. The van der Waals surface area contributed by atoms with Gasteiger partial charge in [-0.1, -0.05) is 23.7 Å². The number of hydrogen-bond donors (Lipinski definition) is 2. The number of carboxylic acids is 1. The number of rotatable bonds is 4. The zero-order valence-corrected chi connectivity index (χ0v) is 12.3. The maximum Gasteiger partial charge on any atom is 0.573 e. The number of alkyl halides is 3. The molecule has 10 heteroatoms. The van der Waals surface area contributed by atoms with Crippen LogP contribution in [0, 0.1) is 0 Å². The molecule has 24 heavy (non-hydrogen) atoms. The largest absolute Gasteiger partial charge is 0.573 e. The topological polar surface area (TPSA) is 88.1 Å². The Kier molecular flexibility index (Phi) is 3.80. The molecular formula is C14H7ClF3N3O3. The fraction of sp³-hybridized carbons (Fsp3) is 0.0714. The van der Waals surface area contributed by atoms with Crippen LogP contribution in [0.5, 0.6) is 0 Å². The van der Waals surface area contributed by atoms with Gasteiger partial charge in [0.25, 0.3) is 0 Å². The lowest BCUT2D eigenvalue weighted by atomic mass is 9.95. The van der Waals surface area contributed by atoms with Gasteiger partial charge in [0.05, 0.1) is 0 Å². The van der Waals surface area contributed by atoms with E-state index < -0.39 is 12.3 Å². The van der Waals surface area contributed by atoms with Gasteiger partial charge in [0, 0.05) is 21.7 Å². The summed E-state index contributed by atoms with van der Waals surface area (Å²) in [7, 11) is 0. The van der Waals surface area contributed by atoms with Crippen molar-refractivity contribution in [1.29, 1.82) is 0 Å². The van der Waals surface area contributed by atoms with Crippen molar-refractivity contribution < 1.29 is 27.8 Å². The number of aromatic carboxylic acids is 1. The number of aromatic nitrogens is 3. The summed E-state index contributed by atoms with van der Waals surface area (Å²) in [5.41, 5.74) is 0.658. The summed E-state index contributed by atoms with van der Waals surface area (Å²) in [4.78, 5) is 11.1. The first kappa shape index (κ1) is 16.1. The number of carboxylic acid groups (broad SMARTS) is 1. The number of nitrogens with one attached hydrogen (secondary N) is 1. The van der Waals surface area contributed by atoms with Crippen LogP contribution in [0.1, 0.15) is 16.1 Å². The highest BCUT2D eigenvalue weighted by Gasteiger charge is 2.35. The minimum atomic E-state index is -4.80. The highest BCUT2D eigenvalue weighted by molar-refractivity contribution is 6.33. The van der Waals surface area contributed by atoms with Crippen LogP contribution in [0.4, 0.5) is 13.2 Å². The first-order valence-electron chi connectivity index (χ1n) is 6.39. The Morgan fingerprint density at radius 1 is 1.25 bits per heavy atom. The molecule has 0 radical (unpaired) electrons. The number of allylic oxidation sites excluding steroid dienone is 3. The molecule has 1 aromatic carbocycles. The van der Waals surface area contributed by atoms with Crippen LogP contribution in [0.3, 0.4) is 0 Å². The number of ether oxygens (including phenoxy) is 1. The molecule has 0 amide bonds. The maximum absolute atomic E-state index is 12.3. The molecule has 0 spiro atoms. The van der Waals surface area contributed by atoms with Crippen molar-refractivity contribution in [3.63, 3.8) is 0 Å². The molecular weight excluding hydrogens is 351 g/mol. The van der Waals surface area contributed by atoms with Crippen LogP contribution in [-0.4, -0.2) is 32.8 Å². The van der Waals surface area contributed by atoms with Crippen LogP contribution in [0.2, 0.25) is 5.02 Å². The van der Waals surface area contributed by atoms with Gasteiger partial charge in [0.1, 0.15) is 11.5 Å². The van der Waals surface area contributed by atoms with E-state index in [-0.39, 0.29) is 27.7 Å². The molecule has 0 bridgehead atoms. The molecule has 3 rings (SSSR count). The summed E-state index contributed by atoms with van der Waals surface area (Å²) in [6, 6.07) is 4.33. The number of carbonyl (C=O) groups is 1. The third-order valence-corrected chi connectivity index (χ3v) is 3.49. The summed E-state index contributed by atoms with van der Waals surface area (Å²) >= 11 is 6.11. The van der Waals surface area contributed by atoms with E-state index in [1.807, 2.05) is 0 Å². The van der Waals surface area contributed by atoms with Gasteiger partial charge in [-0.25, -0.2) is 4.79 Å². The molecule has 0 saturated heterocycles. The summed E-state index contributed by atoms with van der Waals surface area (Å²) in [6.45, 7) is 0. The van der Waals surface area contributed by atoms with Gasteiger partial charge in [0.2, 0.25) is 0 Å². The summed E-state index contributed by atoms with van der Waals surface area (Å²) in [5, 5.41) is 18.6. The van der Waals surface area contributed by atoms with Gasteiger partial charge in [-0.15, -0.1) is 18.3 Å². The number of hydrogen-bond acceptors (Lipinski definition) is 4. The molecule has 0 fully saturated rings. The zero-order chi connectivity index (χ0) is 17.5. The molecule has 124 valence electrons. The van der Waals surface area contributed by atoms with E-state index >= 15 is 0 Å². The van der Waals surface area contributed by atoms with Crippen LogP contribution in [0.25, 0.3) is 16.8 Å². The quantitative estimate of drug-likeness (QED) is 0.872. The number of aromatic amines is 1. The van der Waals surface area contributed by atoms with Gasteiger partial charge < -0.3 is 9.84 Å². The molecule has 1 aliphatic rings. The average molecular weight is 358 g/mol. The Morgan fingerprint density at radius 2 is 2.00 bits per heavy atom. The van der Waals surface area contributed by atoms with E-state index in [0.717, 1.165) is 0 Å². The van der Waals surface area contributed by atoms with Crippen molar-refractivity contribution in [3.05, 3.63) is 52.4 Å². The Hall–Kier alpha value is -2.81. The van der Waals surface area contributed by atoms with Crippen LogP contribution < -0.4 is 0 Å². The van der Waals surface area contributed by atoms with Crippen molar-refractivity contribution in [2.45, 2.75) is 6.36 Å². The zero-order valence-electron chi connectivity index (χ0n) is 11.6. The Bertz CT molecular complexity index is 887. The Balaban J connectivity index is 1.89. The normalized spacial score (nSPS) is 13.8. The molecule has 6 nitrogen and oxygen atoms in total. The molecule has 2 N–H and O–H groups in total. The first-order valence-corrected chi connectivity index (χ1v) is 6.76. The van der Waals surface area contributed by atoms with Gasteiger partial charge in [-0.3, -0.25) is 0 Å². The molecule has 0 atom stereocenters. The van der Waals surface area contributed by atoms with Crippen molar-refractivity contribution >= 4 is 23.1 Å². The first-order chi connectivity index (χ1) is 11.3. The SMILES string of the molecule is O=C(O)c1n[nH]nc1-c1ccc(C2=CC=C2OC(F)(F)F)c(Cl)c1. The van der Waals surface area contributed by atoms with E-state index in [1.165, 1.54) is 30.4 Å². The van der Waals surface area contributed by atoms with E-state index in [4.69, 9.17) is 16.7 Å². The van der Waals surface area contributed by atoms with Crippen LogP contribution >= 0.6 is 11.6 Å². The van der Waals surface area contributed by atoms with E-state index in [2.05, 4.69) is 20.1 Å². The second-order valence-corrected chi connectivity index (χ2v) is 5.09. The van der Waals surface area contributed by atoms with Gasteiger partial charge in [-0.05, 0) is 18.2 Å². The molecule has 0 aliphatic heterocycles. The highest BCUT2D eigenvalue weighted by Crippen LogP contribution is 2.39. The molecule has 0 saturated carbocycles. The number of H-pyrrole nitrogens is 1. The lowest BCUT2D eigenvalue weighted by Crippen LogP contribution is -2.16. The molecule has 2 aromatic rings. The summed E-state index contributed by atoms with van der Waals surface area (Å²) in [6.07, 6.45) is -2.19. The Morgan fingerprint density at radius 3 is 2.54 bits per heavy atom. The van der Waals surface area contributed by atoms with Gasteiger partial charge in [-0.2, -0.15) is 10.3 Å². The minimum Gasteiger partial charge on any atom is -0.476 e. The number of benzene rings is 1. The third-order valence-electron chi connectivity index (χ3n) is 3.18. The lowest BCUT2D eigenvalue weighted by Gasteiger charge is -2.21. The smallest absolute Gasteiger partial charge is 0.476 e. The Labute approximate surface area is 137 Å².